The maximum Gasteiger partial charge on any atom is 0.182 e. The monoisotopic (exact) mass is 281 g/mol. The lowest BCUT2D eigenvalue weighted by Crippen LogP contribution is -1.99. The Kier molecular flexibility index (Phi) is 5.64. The van der Waals surface area contributed by atoms with Gasteiger partial charge in [0.2, 0.25) is 0 Å². The molecule has 108 valence electrons. The van der Waals surface area contributed by atoms with Gasteiger partial charge < -0.3 is 10.8 Å². The van der Waals surface area contributed by atoms with Gasteiger partial charge in [0.15, 0.2) is 11.6 Å². The number of H-pyrrole nitrogens is 1. The lowest BCUT2D eigenvalue weighted by molar-refractivity contribution is 0.595. The molecule has 5 nitrogen and oxygen atoms in total. The van der Waals surface area contributed by atoms with Gasteiger partial charge in [0.25, 0.3) is 0 Å². The molecule has 0 spiro atoms. The van der Waals surface area contributed by atoms with Gasteiger partial charge in [-0.2, -0.15) is 0 Å². The first-order valence-corrected chi connectivity index (χ1v) is 5.80. The molecule has 0 fully saturated rings. The Hall–Kier alpha value is -2.44. The fourth-order valence-electron chi connectivity index (χ4n) is 1.39. The molecular weight excluding hydrogens is 264 g/mol. The number of rotatable bonds is 4. The number of hydrogen-bond acceptors (Lipinski definition) is 3. The number of nitrogens with zero attached hydrogens (tertiary/aromatic N) is 3. The molecule has 0 atom stereocenters. The zero-order chi connectivity index (χ0) is 15.1. The summed E-state index contributed by atoms with van der Waals surface area (Å²) in [4.78, 5) is 7.16. The van der Waals surface area contributed by atoms with E-state index in [1.807, 2.05) is 0 Å². The van der Waals surface area contributed by atoms with Crippen LogP contribution in [0.4, 0.5) is 8.78 Å². The Morgan fingerprint density at radius 2 is 2.30 bits per heavy atom. The largest absolute Gasteiger partial charge is 0.381 e. The average Bonchev–Trinajstić information content (AvgIpc) is 2.39. The van der Waals surface area contributed by atoms with Crippen molar-refractivity contribution in [3.8, 4) is 0 Å². The van der Waals surface area contributed by atoms with Crippen molar-refractivity contribution in [1.29, 1.82) is 0 Å². The highest BCUT2D eigenvalue weighted by atomic mass is 19.1. The Balaban J connectivity index is 3.02. The van der Waals surface area contributed by atoms with Crippen molar-refractivity contribution >= 4 is 12.9 Å². The molecule has 0 aliphatic heterocycles. The second-order valence-corrected chi connectivity index (χ2v) is 4.11. The summed E-state index contributed by atoms with van der Waals surface area (Å²) in [6.45, 7) is 5.03. The normalized spacial score (nSPS) is 12.2. The van der Waals surface area contributed by atoms with Crippen LogP contribution in [0.3, 0.4) is 0 Å². The van der Waals surface area contributed by atoms with Crippen LogP contribution in [0, 0.1) is 12.7 Å². The number of aryl methyl sites for hydroxylation is 2. The molecule has 0 aliphatic carbocycles. The number of nitrogens with two attached hydrogens (primary N) is 1. The van der Waals surface area contributed by atoms with Crippen molar-refractivity contribution in [2.24, 2.45) is 22.8 Å². The molecule has 1 aromatic heterocycles. The van der Waals surface area contributed by atoms with Gasteiger partial charge in [-0.1, -0.05) is 0 Å². The SMILES string of the molecule is C=N/C(N)=C(F)\C=N/Cc1c[nH]n(C)cc(F)cc1C. The first kappa shape index (κ1) is 15.6. The number of nitrogens with one attached hydrogen (secondary N) is 1. The van der Waals surface area contributed by atoms with Gasteiger partial charge in [0.1, 0.15) is 5.82 Å². The molecule has 20 heavy (non-hydrogen) atoms. The Morgan fingerprint density at radius 3 is 2.95 bits per heavy atom. The van der Waals surface area contributed by atoms with Gasteiger partial charge in [0, 0.05) is 13.2 Å². The third kappa shape index (κ3) is 4.68. The van der Waals surface area contributed by atoms with Crippen LogP contribution < -0.4 is 5.73 Å². The van der Waals surface area contributed by atoms with Crippen LogP contribution in [0.15, 0.2) is 40.1 Å². The summed E-state index contributed by atoms with van der Waals surface area (Å²) >= 11 is 0. The van der Waals surface area contributed by atoms with Gasteiger partial charge in [-0.25, -0.2) is 13.8 Å². The van der Waals surface area contributed by atoms with Gasteiger partial charge in [-0.05, 0) is 30.8 Å². The molecule has 0 bridgehead atoms. The minimum atomic E-state index is -0.760. The van der Waals surface area contributed by atoms with E-state index in [0.717, 1.165) is 6.21 Å². The van der Waals surface area contributed by atoms with Crippen LogP contribution in [0.2, 0.25) is 0 Å². The fourth-order valence-corrected chi connectivity index (χ4v) is 1.39. The second kappa shape index (κ2) is 7.22. The van der Waals surface area contributed by atoms with E-state index < -0.39 is 11.6 Å². The summed E-state index contributed by atoms with van der Waals surface area (Å²) in [5.74, 6) is -1.47. The van der Waals surface area contributed by atoms with E-state index in [4.69, 9.17) is 5.73 Å². The standard InChI is InChI=1S/C13H17F2N5/c1-9-4-11(14)8-20(3)19-6-10(9)5-18-7-12(15)13(16)17-2/h4,6-8,19H,2,5,16H2,1,3H3/b9-4?,10-6?,11-8?,13-12+,18-7-. The first-order valence-electron chi connectivity index (χ1n) is 5.80. The maximum absolute atomic E-state index is 13.4. The Morgan fingerprint density at radius 1 is 1.60 bits per heavy atom. The Bertz CT molecular complexity index is 594. The number of aromatic nitrogens is 2. The number of aliphatic imine (C=N–C) groups is 2. The highest BCUT2D eigenvalue weighted by Gasteiger charge is 1.99. The summed E-state index contributed by atoms with van der Waals surface area (Å²) < 4.78 is 28.2. The lowest BCUT2D eigenvalue weighted by atomic mass is 10.2. The minimum absolute atomic E-state index is 0.175. The number of halogens is 2. The topological polar surface area (TPSA) is 71.5 Å². The minimum Gasteiger partial charge on any atom is -0.381 e. The number of allylic oxidation sites excluding steroid dienone is 1. The van der Waals surface area contributed by atoms with Crippen LogP contribution in [0.25, 0.3) is 0 Å². The number of hydrogen-bond donors (Lipinski definition) is 2. The molecule has 0 aromatic carbocycles. The van der Waals surface area contributed by atoms with E-state index >= 15 is 0 Å². The van der Waals surface area contributed by atoms with Gasteiger partial charge >= 0.3 is 0 Å². The molecule has 7 heteroatoms. The van der Waals surface area contributed by atoms with Crippen molar-refractivity contribution in [2.75, 3.05) is 0 Å². The average molecular weight is 281 g/mol. The van der Waals surface area contributed by atoms with Crippen LogP contribution in [-0.2, 0) is 13.6 Å². The highest BCUT2D eigenvalue weighted by molar-refractivity contribution is 5.76. The molecule has 0 aliphatic rings. The molecule has 1 heterocycles. The van der Waals surface area contributed by atoms with Crippen molar-refractivity contribution in [3.05, 3.63) is 47.1 Å². The zero-order valence-corrected chi connectivity index (χ0v) is 11.4. The van der Waals surface area contributed by atoms with E-state index in [0.29, 0.717) is 11.1 Å². The smallest absolute Gasteiger partial charge is 0.182 e. The maximum atomic E-state index is 13.4. The van der Waals surface area contributed by atoms with Crippen LogP contribution in [0.1, 0.15) is 11.1 Å². The van der Waals surface area contributed by atoms with E-state index in [1.54, 1.807) is 20.2 Å². The summed E-state index contributed by atoms with van der Waals surface area (Å²) in [6, 6.07) is 1.38. The fraction of sp³-hybridized carbons (Fsp3) is 0.231. The van der Waals surface area contributed by atoms with Gasteiger partial charge in [0.05, 0.1) is 19.0 Å². The molecule has 0 radical (unpaired) electrons. The van der Waals surface area contributed by atoms with E-state index in [1.165, 1.54) is 16.9 Å². The zero-order valence-electron chi connectivity index (χ0n) is 11.4. The Labute approximate surface area is 115 Å². The van der Waals surface area contributed by atoms with Crippen LogP contribution >= 0.6 is 0 Å². The van der Waals surface area contributed by atoms with E-state index in [2.05, 4.69) is 21.8 Å². The van der Waals surface area contributed by atoms with E-state index in [-0.39, 0.29) is 12.4 Å². The number of aromatic amines is 1. The first-order chi connectivity index (χ1) is 9.43. The van der Waals surface area contributed by atoms with Crippen molar-refractivity contribution in [1.82, 2.24) is 9.78 Å². The van der Waals surface area contributed by atoms with Crippen LogP contribution in [0.5, 0.6) is 0 Å². The molecule has 0 saturated carbocycles. The summed E-state index contributed by atoms with van der Waals surface area (Å²) in [6.07, 6.45) is 3.94. The molecule has 0 amide bonds. The third-order valence-electron chi connectivity index (χ3n) is 2.50. The summed E-state index contributed by atoms with van der Waals surface area (Å²) in [5, 5.41) is 2.85. The second-order valence-electron chi connectivity index (χ2n) is 4.11. The summed E-state index contributed by atoms with van der Waals surface area (Å²) in [5.41, 5.74) is 6.63. The lowest BCUT2D eigenvalue weighted by Gasteiger charge is -2.03. The highest BCUT2D eigenvalue weighted by Crippen LogP contribution is 2.08. The molecule has 1 aromatic rings. The molecule has 0 saturated heterocycles. The van der Waals surface area contributed by atoms with E-state index in [9.17, 15) is 8.78 Å². The summed E-state index contributed by atoms with van der Waals surface area (Å²) in [7, 11) is 1.66. The molecule has 0 unspecified atom stereocenters. The van der Waals surface area contributed by atoms with Gasteiger partial charge in [-0.3, -0.25) is 9.67 Å². The van der Waals surface area contributed by atoms with Crippen molar-refractivity contribution < 1.29 is 8.78 Å². The quantitative estimate of drug-likeness (QED) is 0.817. The predicted molar refractivity (Wildman–Crippen MR) is 76.2 cm³/mol. The van der Waals surface area contributed by atoms with Crippen molar-refractivity contribution in [2.45, 2.75) is 13.5 Å². The molecule has 1 rings (SSSR count). The third-order valence-corrected chi connectivity index (χ3v) is 2.50. The molecular formula is C13H17F2N5. The van der Waals surface area contributed by atoms with Crippen LogP contribution in [-0.4, -0.2) is 22.7 Å². The molecule has 3 N–H and O–H groups in total. The predicted octanol–water partition coefficient (Wildman–Crippen LogP) is 2.29. The van der Waals surface area contributed by atoms with Crippen molar-refractivity contribution in [3.63, 3.8) is 0 Å². The van der Waals surface area contributed by atoms with Gasteiger partial charge in [-0.15, -0.1) is 0 Å².